The molecule has 1 saturated carbocycles. The van der Waals surface area contributed by atoms with Crippen molar-refractivity contribution in [3.8, 4) is 5.75 Å². The number of hydrogen-bond donors (Lipinski definition) is 0. The summed E-state index contributed by atoms with van der Waals surface area (Å²) in [6.45, 7) is 3.04. The Kier molecular flexibility index (Phi) is 2.19. The maximum atomic E-state index is 6.09. The number of rotatable bonds is 1. The third-order valence-electron chi connectivity index (χ3n) is 3.51. The molecule has 0 aromatic carbocycles. The zero-order chi connectivity index (χ0) is 10.6. The van der Waals surface area contributed by atoms with E-state index in [9.17, 15) is 0 Å². The number of pyridine rings is 1. The summed E-state index contributed by atoms with van der Waals surface area (Å²) >= 11 is 8.29. The molecule has 1 aliphatic carbocycles. The molecule has 15 heavy (non-hydrogen) atoms. The fourth-order valence-corrected chi connectivity index (χ4v) is 3.33. The number of nitrogens with zero attached hydrogens (tertiary/aromatic N) is 1. The van der Waals surface area contributed by atoms with Crippen molar-refractivity contribution >= 4 is 34.2 Å². The van der Waals surface area contributed by atoms with Crippen LogP contribution in [0.4, 0.5) is 0 Å². The van der Waals surface area contributed by atoms with E-state index in [2.05, 4.69) is 40.6 Å². The van der Waals surface area contributed by atoms with E-state index in [1.165, 1.54) is 18.4 Å². The van der Waals surface area contributed by atoms with Gasteiger partial charge in [0.1, 0.15) is 3.70 Å². The first-order valence-corrected chi connectivity index (χ1v) is 6.56. The van der Waals surface area contributed by atoms with Crippen LogP contribution in [0.2, 0.25) is 5.15 Å². The van der Waals surface area contributed by atoms with Gasteiger partial charge in [0.15, 0.2) is 10.9 Å². The van der Waals surface area contributed by atoms with Gasteiger partial charge in [0.05, 0.1) is 6.61 Å². The van der Waals surface area contributed by atoms with Crippen LogP contribution >= 0.6 is 34.2 Å². The van der Waals surface area contributed by atoms with Gasteiger partial charge in [-0.25, -0.2) is 4.98 Å². The van der Waals surface area contributed by atoms with Crippen LogP contribution in [0, 0.1) is 9.62 Å². The Balaban J connectivity index is 2.16. The molecular formula is C11H11ClINO. The van der Waals surface area contributed by atoms with Gasteiger partial charge in [-0.15, -0.1) is 0 Å². The molecule has 3 rings (SSSR count). The smallest absolute Gasteiger partial charge is 0.172 e. The second-order valence-corrected chi connectivity index (χ2v) is 6.06. The Labute approximate surface area is 108 Å². The molecule has 2 nitrogen and oxygen atoms in total. The predicted octanol–water partition coefficient (Wildman–Crippen LogP) is 3.40. The molecule has 0 saturated heterocycles. The Morgan fingerprint density at radius 3 is 3.00 bits per heavy atom. The van der Waals surface area contributed by atoms with Crippen molar-refractivity contribution in [1.82, 2.24) is 4.98 Å². The lowest BCUT2D eigenvalue weighted by atomic mass is 9.80. The summed E-state index contributed by atoms with van der Waals surface area (Å²) in [5, 5.41) is 0.515. The Hall–Kier alpha value is -0.0300. The van der Waals surface area contributed by atoms with E-state index in [-0.39, 0.29) is 5.41 Å². The van der Waals surface area contributed by atoms with Gasteiger partial charge >= 0.3 is 0 Å². The second kappa shape index (κ2) is 3.23. The molecule has 0 spiro atoms. The second-order valence-electron chi connectivity index (χ2n) is 4.59. The molecule has 0 radical (unpaired) electrons. The van der Waals surface area contributed by atoms with Crippen LogP contribution < -0.4 is 4.74 Å². The summed E-state index contributed by atoms with van der Waals surface area (Å²) in [7, 11) is 0. The van der Waals surface area contributed by atoms with E-state index >= 15 is 0 Å². The summed E-state index contributed by atoms with van der Waals surface area (Å²) in [6.07, 6.45) is 2.63. The SMILES string of the molecule is C[C@]1(C2CC2)COc2c1cc(I)nc2Cl. The molecule has 1 aromatic heterocycles. The molecule has 0 N–H and O–H groups in total. The van der Waals surface area contributed by atoms with Crippen LogP contribution in [0.5, 0.6) is 5.75 Å². The van der Waals surface area contributed by atoms with E-state index in [1.807, 2.05) is 0 Å². The zero-order valence-electron chi connectivity index (χ0n) is 8.39. The normalized spacial score (nSPS) is 28.7. The van der Waals surface area contributed by atoms with Gasteiger partial charge in [0.25, 0.3) is 0 Å². The molecule has 2 aliphatic rings. The first-order chi connectivity index (χ1) is 7.11. The summed E-state index contributed by atoms with van der Waals surface area (Å²) in [4.78, 5) is 4.22. The highest BCUT2D eigenvalue weighted by atomic mass is 127. The lowest BCUT2D eigenvalue weighted by molar-refractivity contribution is 0.257. The van der Waals surface area contributed by atoms with Crippen molar-refractivity contribution in [3.63, 3.8) is 0 Å². The monoisotopic (exact) mass is 335 g/mol. The number of hydrogen-bond acceptors (Lipinski definition) is 2. The summed E-state index contributed by atoms with van der Waals surface area (Å²) < 4.78 is 6.66. The average Bonchev–Trinajstić information content (AvgIpc) is 2.94. The zero-order valence-corrected chi connectivity index (χ0v) is 11.3. The number of aromatic nitrogens is 1. The van der Waals surface area contributed by atoms with Crippen LogP contribution in [0.1, 0.15) is 25.3 Å². The van der Waals surface area contributed by atoms with Gasteiger partial charge < -0.3 is 4.74 Å². The van der Waals surface area contributed by atoms with Crippen LogP contribution in [0.3, 0.4) is 0 Å². The van der Waals surface area contributed by atoms with Crippen molar-refractivity contribution in [2.24, 2.45) is 5.92 Å². The number of ether oxygens (including phenoxy) is 1. The Morgan fingerprint density at radius 2 is 2.33 bits per heavy atom. The highest BCUT2D eigenvalue weighted by molar-refractivity contribution is 14.1. The fourth-order valence-electron chi connectivity index (χ4n) is 2.39. The summed E-state index contributed by atoms with van der Waals surface area (Å²) in [5.41, 5.74) is 1.43. The largest absolute Gasteiger partial charge is 0.489 e. The molecule has 2 heterocycles. The van der Waals surface area contributed by atoms with Crippen LogP contribution in [-0.4, -0.2) is 11.6 Å². The van der Waals surface area contributed by atoms with E-state index in [0.29, 0.717) is 5.15 Å². The molecular weight excluding hydrogens is 324 g/mol. The lowest BCUT2D eigenvalue weighted by Gasteiger charge is -2.21. The molecule has 1 aliphatic heterocycles. The minimum Gasteiger partial charge on any atom is -0.489 e. The number of halogens is 2. The van der Waals surface area contributed by atoms with E-state index in [1.54, 1.807) is 0 Å². The van der Waals surface area contributed by atoms with Crippen molar-refractivity contribution in [3.05, 3.63) is 20.5 Å². The molecule has 1 fully saturated rings. The third-order valence-corrected chi connectivity index (χ3v) is 4.32. The predicted molar refractivity (Wildman–Crippen MR) is 67.5 cm³/mol. The maximum absolute atomic E-state index is 6.09. The van der Waals surface area contributed by atoms with Gasteiger partial charge in [-0.3, -0.25) is 0 Å². The molecule has 0 unspecified atom stereocenters. The molecule has 80 valence electrons. The van der Waals surface area contributed by atoms with Gasteiger partial charge in [-0.1, -0.05) is 18.5 Å². The van der Waals surface area contributed by atoms with Crippen LogP contribution in [0.25, 0.3) is 0 Å². The van der Waals surface area contributed by atoms with Crippen molar-refractivity contribution in [1.29, 1.82) is 0 Å². The molecule has 4 heteroatoms. The highest BCUT2D eigenvalue weighted by Crippen LogP contribution is 2.54. The molecule has 0 bridgehead atoms. The van der Waals surface area contributed by atoms with Crippen molar-refractivity contribution in [2.75, 3.05) is 6.61 Å². The van der Waals surface area contributed by atoms with Gasteiger partial charge in [-0.2, -0.15) is 0 Å². The summed E-state index contributed by atoms with van der Waals surface area (Å²) in [5.74, 6) is 1.58. The van der Waals surface area contributed by atoms with E-state index in [4.69, 9.17) is 16.3 Å². The average molecular weight is 336 g/mol. The minimum atomic E-state index is 0.168. The lowest BCUT2D eigenvalue weighted by Crippen LogP contribution is -2.26. The van der Waals surface area contributed by atoms with E-state index < -0.39 is 0 Å². The quantitative estimate of drug-likeness (QED) is 0.580. The highest BCUT2D eigenvalue weighted by Gasteiger charge is 2.49. The third kappa shape index (κ3) is 1.46. The molecule has 1 aromatic rings. The van der Waals surface area contributed by atoms with Gasteiger partial charge in [-0.05, 0) is 47.4 Å². The van der Waals surface area contributed by atoms with Crippen molar-refractivity contribution < 1.29 is 4.74 Å². The number of fused-ring (bicyclic) bond motifs is 1. The molecule has 1 atom stereocenters. The Morgan fingerprint density at radius 1 is 1.60 bits per heavy atom. The minimum absolute atomic E-state index is 0.168. The first-order valence-electron chi connectivity index (χ1n) is 5.10. The maximum Gasteiger partial charge on any atom is 0.172 e. The van der Waals surface area contributed by atoms with Gasteiger partial charge in [0, 0.05) is 11.0 Å². The summed E-state index contributed by atoms with van der Waals surface area (Å²) in [6, 6.07) is 2.12. The Bertz CT molecular complexity index is 433. The molecule has 0 amide bonds. The van der Waals surface area contributed by atoms with Gasteiger partial charge in [0.2, 0.25) is 0 Å². The first kappa shape index (κ1) is 10.1. The van der Waals surface area contributed by atoms with E-state index in [0.717, 1.165) is 22.0 Å². The van der Waals surface area contributed by atoms with Crippen LogP contribution in [0.15, 0.2) is 6.07 Å². The topological polar surface area (TPSA) is 22.1 Å². The standard InChI is InChI=1S/C11H11ClINO/c1-11(6-2-3-6)5-15-9-7(11)4-8(13)14-10(9)12/h4,6H,2-3,5H2,1H3/t11-/m1/s1. The van der Waals surface area contributed by atoms with Crippen molar-refractivity contribution in [2.45, 2.75) is 25.2 Å². The fraction of sp³-hybridized carbons (Fsp3) is 0.545. The van der Waals surface area contributed by atoms with Crippen LogP contribution in [-0.2, 0) is 5.41 Å².